The lowest BCUT2D eigenvalue weighted by atomic mass is 10.1. The summed E-state index contributed by atoms with van der Waals surface area (Å²) < 4.78 is 5.02. The van der Waals surface area contributed by atoms with E-state index in [1.54, 1.807) is 45.0 Å². The van der Waals surface area contributed by atoms with Gasteiger partial charge in [-0.05, 0) is 38.5 Å². The molecule has 0 radical (unpaired) electrons. The summed E-state index contributed by atoms with van der Waals surface area (Å²) in [4.78, 5) is 27.0. The first-order valence-electron chi connectivity index (χ1n) is 7.68. The number of aliphatic hydroxyl groups excluding tert-OH is 1. The molecule has 3 N–H and O–H groups in total. The van der Waals surface area contributed by atoms with Crippen molar-refractivity contribution >= 4 is 17.6 Å². The quantitative estimate of drug-likeness (QED) is 0.722. The van der Waals surface area contributed by atoms with E-state index < -0.39 is 24.6 Å². The molecule has 1 amide bonds. The minimum Gasteiger partial charge on any atom is -0.451 e. The van der Waals surface area contributed by atoms with Gasteiger partial charge in [-0.15, -0.1) is 0 Å². The van der Waals surface area contributed by atoms with Crippen LogP contribution >= 0.6 is 0 Å². The predicted octanol–water partition coefficient (Wildman–Crippen LogP) is 2.35. The molecule has 7 nitrogen and oxygen atoms in total. The minimum absolute atomic E-state index is 0.207. The molecule has 1 aromatic carbocycles. The van der Waals surface area contributed by atoms with Crippen molar-refractivity contribution in [1.82, 2.24) is 4.98 Å². The Balaban J connectivity index is 2.02. The van der Waals surface area contributed by atoms with Crippen LogP contribution in [0.5, 0.6) is 0 Å². The van der Waals surface area contributed by atoms with Gasteiger partial charge in [-0.2, -0.15) is 5.26 Å². The molecular formula is C18H19N3O4. The standard InChI is InChI=1S/C18H19N3O4/c1-10-16(12(3)22)11(2)20-17(10)18(24)25-9-15(23)21-14-7-5-4-6-13(14)8-19/h4-7,12,20,22H,9H2,1-3H3,(H,21,23)/t12-/m1/s1. The van der Waals surface area contributed by atoms with Gasteiger partial charge in [0.2, 0.25) is 0 Å². The number of nitriles is 1. The molecule has 1 aromatic heterocycles. The summed E-state index contributed by atoms with van der Waals surface area (Å²) in [7, 11) is 0. The molecular weight excluding hydrogens is 322 g/mol. The molecule has 0 saturated carbocycles. The van der Waals surface area contributed by atoms with Crippen molar-refractivity contribution in [2.75, 3.05) is 11.9 Å². The Labute approximate surface area is 145 Å². The minimum atomic E-state index is -0.719. The normalized spacial score (nSPS) is 11.5. The number of hydrogen-bond donors (Lipinski definition) is 3. The zero-order chi connectivity index (χ0) is 18.6. The maximum atomic E-state index is 12.2. The second-order valence-corrected chi connectivity index (χ2v) is 5.62. The van der Waals surface area contributed by atoms with E-state index in [1.807, 2.05) is 6.07 Å². The zero-order valence-corrected chi connectivity index (χ0v) is 14.2. The highest BCUT2D eigenvalue weighted by Crippen LogP contribution is 2.24. The van der Waals surface area contributed by atoms with Gasteiger partial charge in [0.15, 0.2) is 6.61 Å². The van der Waals surface area contributed by atoms with Crippen molar-refractivity contribution < 1.29 is 19.4 Å². The van der Waals surface area contributed by atoms with Gasteiger partial charge in [0, 0.05) is 11.3 Å². The average Bonchev–Trinajstić information content (AvgIpc) is 2.87. The fourth-order valence-electron chi connectivity index (χ4n) is 2.67. The van der Waals surface area contributed by atoms with Crippen LogP contribution in [0.2, 0.25) is 0 Å². The van der Waals surface area contributed by atoms with E-state index >= 15 is 0 Å². The third-order valence-electron chi connectivity index (χ3n) is 3.77. The van der Waals surface area contributed by atoms with Crippen LogP contribution in [-0.4, -0.2) is 28.6 Å². The van der Waals surface area contributed by atoms with E-state index in [2.05, 4.69) is 10.3 Å². The fourth-order valence-corrected chi connectivity index (χ4v) is 2.67. The first-order chi connectivity index (χ1) is 11.8. The molecule has 0 spiro atoms. The Hall–Kier alpha value is -3.11. The van der Waals surface area contributed by atoms with Crippen LogP contribution in [0.3, 0.4) is 0 Å². The van der Waals surface area contributed by atoms with Crippen molar-refractivity contribution in [2.45, 2.75) is 26.9 Å². The van der Waals surface area contributed by atoms with Crippen LogP contribution in [0.1, 0.15) is 45.9 Å². The Morgan fingerprint density at radius 2 is 2.04 bits per heavy atom. The highest BCUT2D eigenvalue weighted by atomic mass is 16.5. The van der Waals surface area contributed by atoms with Crippen LogP contribution in [0.15, 0.2) is 24.3 Å². The number of benzene rings is 1. The molecule has 0 aliphatic carbocycles. The third kappa shape index (κ3) is 4.05. The van der Waals surface area contributed by atoms with Gasteiger partial charge in [-0.25, -0.2) is 4.79 Å². The van der Waals surface area contributed by atoms with Crippen molar-refractivity contribution in [2.24, 2.45) is 0 Å². The first kappa shape index (κ1) is 18.2. The molecule has 2 aromatic rings. The monoisotopic (exact) mass is 341 g/mol. The Morgan fingerprint density at radius 3 is 2.64 bits per heavy atom. The number of carbonyl (C=O) groups excluding carboxylic acids is 2. The number of aliphatic hydroxyl groups is 1. The topological polar surface area (TPSA) is 115 Å². The van der Waals surface area contributed by atoms with Gasteiger partial charge < -0.3 is 20.1 Å². The highest BCUT2D eigenvalue weighted by Gasteiger charge is 2.21. The highest BCUT2D eigenvalue weighted by molar-refractivity contribution is 5.96. The number of carbonyl (C=O) groups is 2. The lowest BCUT2D eigenvalue weighted by molar-refractivity contribution is -0.119. The maximum Gasteiger partial charge on any atom is 0.355 e. The molecule has 2 rings (SSSR count). The molecule has 0 aliphatic rings. The SMILES string of the molecule is Cc1[nH]c(C(=O)OCC(=O)Nc2ccccc2C#N)c(C)c1[C@@H](C)O. The number of aryl methyl sites for hydroxylation is 1. The molecule has 130 valence electrons. The summed E-state index contributed by atoms with van der Waals surface area (Å²) in [6, 6.07) is 8.50. The summed E-state index contributed by atoms with van der Waals surface area (Å²) in [5.74, 6) is -1.23. The third-order valence-corrected chi connectivity index (χ3v) is 3.77. The van der Waals surface area contributed by atoms with E-state index in [0.29, 0.717) is 28.1 Å². The van der Waals surface area contributed by atoms with Gasteiger partial charge >= 0.3 is 5.97 Å². The number of H-pyrrole nitrogens is 1. The molecule has 25 heavy (non-hydrogen) atoms. The number of aromatic nitrogens is 1. The number of para-hydroxylation sites is 1. The maximum absolute atomic E-state index is 12.2. The van der Waals surface area contributed by atoms with Crippen molar-refractivity contribution in [3.05, 3.63) is 52.3 Å². The number of rotatable bonds is 5. The van der Waals surface area contributed by atoms with Gasteiger partial charge in [0.05, 0.1) is 17.4 Å². The molecule has 7 heteroatoms. The Kier molecular flexibility index (Phi) is 5.57. The Bertz CT molecular complexity index is 846. The van der Waals surface area contributed by atoms with E-state index in [4.69, 9.17) is 10.00 Å². The molecule has 1 heterocycles. The number of nitrogens with zero attached hydrogens (tertiary/aromatic N) is 1. The van der Waals surface area contributed by atoms with E-state index in [9.17, 15) is 14.7 Å². The summed E-state index contributed by atoms with van der Waals surface area (Å²) in [6.45, 7) is 4.57. The van der Waals surface area contributed by atoms with Gasteiger partial charge in [0.25, 0.3) is 5.91 Å². The Morgan fingerprint density at radius 1 is 1.36 bits per heavy atom. The predicted molar refractivity (Wildman–Crippen MR) is 91.0 cm³/mol. The molecule has 0 aliphatic heterocycles. The fraction of sp³-hybridized carbons (Fsp3) is 0.278. The lowest BCUT2D eigenvalue weighted by Crippen LogP contribution is -2.21. The van der Waals surface area contributed by atoms with Gasteiger partial charge in [0.1, 0.15) is 11.8 Å². The molecule has 0 unspecified atom stereocenters. The summed E-state index contributed by atoms with van der Waals surface area (Å²) in [6.07, 6.45) is -0.719. The van der Waals surface area contributed by atoms with Crippen LogP contribution < -0.4 is 5.32 Å². The number of anilines is 1. The first-order valence-corrected chi connectivity index (χ1v) is 7.68. The number of ether oxygens (including phenoxy) is 1. The van der Waals surface area contributed by atoms with Crippen LogP contribution in [0, 0.1) is 25.2 Å². The number of aromatic amines is 1. The summed E-state index contributed by atoms with van der Waals surface area (Å²) in [5.41, 5.74) is 2.78. The van der Waals surface area contributed by atoms with Crippen LogP contribution in [-0.2, 0) is 9.53 Å². The van der Waals surface area contributed by atoms with E-state index in [-0.39, 0.29) is 5.69 Å². The van der Waals surface area contributed by atoms with Crippen molar-refractivity contribution in [3.63, 3.8) is 0 Å². The second kappa shape index (κ2) is 7.64. The molecule has 0 bridgehead atoms. The lowest BCUT2D eigenvalue weighted by Gasteiger charge is -2.08. The van der Waals surface area contributed by atoms with Crippen molar-refractivity contribution in [3.8, 4) is 6.07 Å². The van der Waals surface area contributed by atoms with Gasteiger partial charge in [-0.3, -0.25) is 4.79 Å². The molecule has 0 saturated heterocycles. The van der Waals surface area contributed by atoms with E-state index in [0.717, 1.165) is 0 Å². The number of amides is 1. The summed E-state index contributed by atoms with van der Waals surface area (Å²) >= 11 is 0. The summed E-state index contributed by atoms with van der Waals surface area (Å²) in [5, 5.41) is 21.3. The number of nitrogens with one attached hydrogen (secondary N) is 2. The van der Waals surface area contributed by atoms with Crippen LogP contribution in [0.25, 0.3) is 0 Å². The zero-order valence-electron chi connectivity index (χ0n) is 14.2. The van der Waals surface area contributed by atoms with Crippen molar-refractivity contribution in [1.29, 1.82) is 5.26 Å². The molecule has 1 atom stereocenters. The molecule has 0 fully saturated rings. The smallest absolute Gasteiger partial charge is 0.355 e. The number of esters is 1. The largest absolute Gasteiger partial charge is 0.451 e. The number of hydrogen-bond acceptors (Lipinski definition) is 5. The van der Waals surface area contributed by atoms with Crippen LogP contribution in [0.4, 0.5) is 5.69 Å². The van der Waals surface area contributed by atoms with Gasteiger partial charge in [-0.1, -0.05) is 12.1 Å². The van der Waals surface area contributed by atoms with E-state index in [1.165, 1.54) is 0 Å². The second-order valence-electron chi connectivity index (χ2n) is 5.62. The average molecular weight is 341 g/mol.